The Morgan fingerprint density at radius 1 is 1.22 bits per heavy atom. The van der Waals surface area contributed by atoms with Crippen LogP contribution in [0.25, 0.3) is 10.9 Å². The molecule has 2 unspecified atom stereocenters. The van der Waals surface area contributed by atoms with Gasteiger partial charge in [-0.1, -0.05) is 31.2 Å². The number of rotatable bonds is 5. The van der Waals surface area contributed by atoms with E-state index >= 15 is 0 Å². The van der Waals surface area contributed by atoms with E-state index in [9.17, 15) is 9.59 Å². The third-order valence-electron chi connectivity index (χ3n) is 7.04. The van der Waals surface area contributed by atoms with Gasteiger partial charge in [-0.05, 0) is 36.5 Å². The zero-order valence-corrected chi connectivity index (χ0v) is 18.1. The third-order valence-corrected chi connectivity index (χ3v) is 7.04. The van der Waals surface area contributed by atoms with Crippen molar-refractivity contribution in [1.29, 1.82) is 0 Å². The lowest BCUT2D eigenvalue weighted by Gasteiger charge is -2.29. The first-order chi connectivity index (χ1) is 15.6. The molecule has 0 radical (unpaired) electrons. The maximum absolute atomic E-state index is 13.5. The first-order valence-electron chi connectivity index (χ1n) is 11.1. The molecule has 6 heteroatoms. The number of allylic oxidation sites excluding steroid dienone is 2. The number of methoxy groups -OCH3 is 1. The second-order valence-electron chi connectivity index (χ2n) is 8.85. The van der Waals surface area contributed by atoms with Crippen molar-refractivity contribution < 1.29 is 19.1 Å². The van der Waals surface area contributed by atoms with Gasteiger partial charge in [-0.2, -0.15) is 0 Å². The molecule has 1 saturated carbocycles. The fraction of sp³-hybridized carbons (Fsp3) is 0.308. The van der Waals surface area contributed by atoms with Crippen molar-refractivity contribution in [2.45, 2.75) is 25.2 Å². The Bertz CT molecular complexity index is 1320. The van der Waals surface area contributed by atoms with E-state index in [1.165, 1.54) is 0 Å². The van der Waals surface area contributed by atoms with E-state index in [1.54, 1.807) is 18.1 Å². The highest BCUT2D eigenvalue weighted by Gasteiger charge is 2.67. The van der Waals surface area contributed by atoms with Crippen LogP contribution in [0, 0.1) is 5.92 Å². The highest BCUT2D eigenvalue weighted by atomic mass is 16.5. The summed E-state index contributed by atoms with van der Waals surface area (Å²) in [5, 5.41) is 0.887. The lowest BCUT2D eigenvalue weighted by atomic mass is 9.81. The van der Waals surface area contributed by atoms with Crippen molar-refractivity contribution in [3.8, 4) is 11.5 Å². The summed E-state index contributed by atoms with van der Waals surface area (Å²) in [6.45, 7) is 3.28. The van der Waals surface area contributed by atoms with Gasteiger partial charge in [0, 0.05) is 46.3 Å². The molecule has 1 aliphatic heterocycles. The minimum Gasteiger partial charge on any atom is -0.493 e. The van der Waals surface area contributed by atoms with E-state index in [2.05, 4.69) is 11.9 Å². The van der Waals surface area contributed by atoms with E-state index in [4.69, 9.17) is 9.47 Å². The summed E-state index contributed by atoms with van der Waals surface area (Å²) in [5.74, 6) is 1.53. The number of H-pyrrole nitrogens is 1. The van der Waals surface area contributed by atoms with Crippen LogP contribution in [-0.4, -0.2) is 41.8 Å². The number of benzene rings is 2. The third kappa shape index (κ3) is 2.52. The van der Waals surface area contributed by atoms with Gasteiger partial charge in [0.2, 0.25) is 0 Å². The van der Waals surface area contributed by atoms with Gasteiger partial charge in [-0.3, -0.25) is 9.59 Å². The molecular weight excluding hydrogens is 404 g/mol. The predicted molar refractivity (Wildman–Crippen MR) is 120 cm³/mol. The molecule has 0 bridgehead atoms. The SMILES string of the molecule is CCCOc1cc2cc(C(=O)N3CC4CC45C3=CC(=O)c3ccccc35)[nH]c2cc1OC. The lowest BCUT2D eigenvalue weighted by Crippen LogP contribution is -2.33. The van der Waals surface area contributed by atoms with Crippen LogP contribution in [-0.2, 0) is 5.41 Å². The molecule has 1 spiro atoms. The van der Waals surface area contributed by atoms with Crippen LogP contribution in [0.1, 0.15) is 46.2 Å². The normalized spacial score (nSPS) is 22.8. The largest absolute Gasteiger partial charge is 0.493 e. The van der Waals surface area contributed by atoms with Crippen LogP contribution in [0.15, 0.2) is 54.2 Å². The molecule has 6 rings (SSSR count). The van der Waals surface area contributed by atoms with Crippen LogP contribution >= 0.6 is 0 Å². The van der Waals surface area contributed by atoms with Crippen molar-refractivity contribution >= 4 is 22.6 Å². The van der Waals surface area contributed by atoms with Gasteiger partial charge in [0.25, 0.3) is 5.91 Å². The molecule has 3 aliphatic rings. The monoisotopic (exact) mass is 428 g/mol. The van der Waals surface area contributed by atoms with Gasteiger partial charge in [0.05, 0.1) is 13.7 Å². The standard InChI is InChI=1S/C26H24N2O4/c1-3-8-32-23-10-15-9-20(27-19(15)11-22(23)31-2)25(30)28-14-16-13-26(16)18-7-5-4-6-17(18)21(29)12-24(26)28/h4-7,9-12,16,27H,3,8,13-14H2,1-2H3. The highest BCUT2D eigenvalue weighted by Crippen LogP contribution is 2.66. The average molecular weight is 428 g/mol. The Labute approximate surface area is 185 Å². The number of aromatic amines is 1. The minimum atomic E-state index is -0.184. The Hall–Kier alpha value is -3.54. The molecular formula is C26H24N2O4. The number of aromatic nitrogens is 1. The molecule has 1 saturated heterocycles. The summed E-state index contributed by atoms with van der Waals surface area (Å²) in [6, 6.07) is 13.4. The number of piperidine rings is 1. The van der Waals surface area contributed by atoms with Gasteiger partial charge in [-0.15, -0.1) is 0 Å². The second kappa shape index (κ2) is 6.73. The molecule has 1 aromatic heterocycles. The number of carbonyl (C=O) groups excluding carboxylic acids is 2. The van der Waals surface area contributed by atoms with Crippen molar-refractivity contribution in [3.05, 3.63) is 71.1 Å². The number of hydrogen-bond donors (Lipinski definition) is 1. The van der Waals surface area contributed by atoms with Gasteiger partial charge >= 0.3 is 0 Å². The Morgan fingerprint density at radius 3 is 2.88 bits per heavy atom. The highest BCUT2D eigenvalue weighted by molar-refractivity contribution is 6.10. The van der Waals surface area contributed by atoms with Gasteiger partial charge in [0.1, 0.15) is 5.69 Å². The number of hydrogen-bond acceptors (Lipinski definition) is 4. The second-order valence-corrected chi connectivity index (χ2v) is 8.85. The number of ether oxygens (including phenoxy) is 2. The maximum Gasteiger partial charge on any atom is 0.274 e. The molecule has 2 atom stereocenters. The van der Waals surface area contributed by atoms with Gasteiger partial charge in [-0.25, -0.2) is 0 Å². The number of carbonyl (C=O) groups is 2. The quantitative estimate of drug-likeness (QED) is 0.651. The molecule has 6 nitrogen and oxygen atoms in total. The molecule has 2 aliphatic carbocycles. The molecule has 2 fully saturated rings. The predicted octanol–water partition coefficient (Wildman–Crippen LogP) is 4.46. The van der Waals surface area contributed by atoms with Gasteiger partial charge < -0.3 is 19.4 Å². The smallest absolute Gasteiger partial charge is 0.274 e. The lowest BCUT2D eigenvalue weighted by molar-refractivity contribution is 0.0806. The zero-order chi connectivity index (χ0) is 22.0. The molecule has 2 heterocycles. The van der Waals surface area contributed by atoms with E-state index in [0.717, 1.165) is 40.6 Å². The van der Waals surface area contributed by atoms with Crippen molar-refractivity contribution in [3.63, 3.8) is 0 Å². The number of nitrogens with zero attached hydrogens (tertiary/aromatic N) is 1. The van der Waals surface area contributed by atoms with Gasteiger partial charge in [0.15, 0.2) is 17.3 Å². The first-order valence-corrected chi connectivity index (χ1v) is 11.1. The summed E-state index contributed by atoms with van der Waals surface area (Å²) in [7, 11) is 1.61. The van der Waals surface area contributed by atoms with Crippen LogP contribution in [0.5, 0.6) is 11.5 Å². The zero-order valence-electron chi connectivity index (χ0n) is 18.1. The van der Waals surface area contributed by atoms with Crippen LogP contribution < -0.4 is 9.47 Å². The van der Waals surface area contributed by atoms with E-state index in [1.807, 2.05) is 42.5 Å². The molecule has 1 N–H and O–H groups in total. The summed E-state index contributed by atoms with van der Waals surface area (Å²) in [4.78, 5) is 31.4. The number of ketones is 1. The molecule has 162 valence electrons. The summed E-state index contributed by atoms with van der Waals surface area (Å²) >= 11 is 0. The Morgan fingerprint density at radius 2 is 2.06 bits per heavy atom. The summed E-state index contributed by atoms with van der Waals surface area (Å²) in [6.07, 6.45) is 3.57. The van der Waals surface area contributed by atoms with Crippen LogP contribution in [0.3, 0.4) is 0 Å². The molecule has 1 amide bonds. The summed E-state index contributed by atoms with van der Waals surface area (Å²) < 4.78 is 11.3. The fourth-order valence-electron chi connectivity index (χ4n) is 5.46. The summed E-state index contributed by atoms with van der Waals surface area (Å²) in [5.41, 5.74) is 3.81. The minimum absolute atomic E-state index is 0.0225. The molecule has 32 heavy (non-hydrogen) atoms. The average Bonchev–Trinajstić information content (AvgIpc) is 3.21. The fourth-order valence-corrected chi connectivity index (χ4v) is 5.46. The molecule has 3 aromatic rings. The maximum atomic E-state index is 13.5. The topological polar surface area (TPSA) is 71.6 Å². The van der Waals surface area contributed by atoms with Crippen molar-refractivity contribution in [1.82, 2.24) is 9.88 Å². The van der Waals surface area contributed by atoms with E-state index in [-0.39, 0.29) is 17.1 Å². The Balaban J connectivity index is 1.36. The van der Waals surface area contributed by atoms with E-state index < -0.39 is 0 Å². The number of nitrogens with one attached hydrogen (secondary N) is 1. The van der Waals surface area contributed by atoms with Crippen molar-refractivity contribution in [2.75, 3.05) is 20.3 Å². The first kappa shape index (κ1) is 19.2. The Kier molecular flexibility index (Phi) is 4.03. The van der Waals surface area contributed by atoms with Crippen LogP contribution in [0.4, 0.5) is 0 Å². The van der Waals surface area contributed by atoms with Crippen LogP contribution in [0.2, 0.25) is 0 Å². The molecule has 2 aromatic carbocycles. The van der Waals surface area contributed by atoms with Crippen molar-refractivity contribution in [2.24, 2.45) is 5.92 Å². The number of amides is 1. The number of fused-ring (bicyclic) bond motifs is 2. The number of likely N-dealkylation sites (tertiary alicyclic amines) is 1. The van der Waals surface area contributed by atoms with E-state index in [0.29, 0.717) is 36.3 Å².